The number of carbonyl (C=O) groups excluding carboxylic acids is 2. The molecule has 0 rings (SSSR count). The van der Waals surface area contributed by atoms with Crippen molar-refractivity contribution in [3.8, 4) is 0 Å². The van der Waals surface area contributed by atoms with E-state index >= 15 is 0 Å². The number of unbranched alkanes of at least 4 members (excludes halogenated alkanes) is 5. The number of carbonyl (C=O) groups is 2. The Morgan fingerprint density at radius 2 is 1.74 bits per heavy atom. The van der Waals surface area contributed by atoms with E-state index in [1.807, 2.05) is 0 Å². The van der Waals surface area contributed by atoms with E-state index in [0.717, 1.165) is 25.3 Å². The molecule has 0 aromatic heterocycles. The summed E-state index contributed by atoms with van der Waals surface area (Å²) in [7, 11) is 0. The maximum atomic E-state index is 11.5. The molecule has 0 aliphatic carbocycles. The van der Waals surface area contributed by atoms with Gasteiger partial charge in [-0.25, -0.2) is 19.4 Å². The van der Waals surface area contributed by atoms with E-state index in [4.69, 9.17) is 0 Å². The predicted octanol–water partition coefficient (Wildman–Crippen LogP) is 2.68. The summed E-state index contributed by atoms with van der Waals surface area (Å²) in [5.74, 6) is -1.83. The number of aliphatic hydroxyl groups is 1. The summed E-state index contributed by atoms with van der Waals surface area (Å²) in [5, 5.41) is 9.88. The monoisotopic (exact) mass is 272 g/mol. The van der Waals surface area contributed by atoms with Crippen LogP contribution in [0.3, 0.4) is 0 Å². The molecule has 0 aromatic carbocycles. The van der Waals surface area contributed by atoms with Crippen LogP contribution in [0.1, 0.15) is 58.8 Å². The highest BCUT2D eigenvalue weighted by molar-refractivity contribution is 5.83. The summed E-state index contributed by atoms with van der Waals surface area (Å²) in [4.78, 5) is 30.6. The van der Waals surface area contributed by atoms with Crippen molar-refractivity contribution >= 4 is 11.9 Å². The van der Waals surface area contributed by atoms with E-state index in [1.165, 1.54) is 26.2 Å². The molecule has 0 saturated heterocycles. The lowest BCUT2D eigenvalue weighted by atomic mass is 9.98. The molecular formula is C14H24O5. The number of hydrogen-bond donors (Lipinski definition) is 1. The molecule has 1 unspecified atom stereocenters. The van der Waals surface area contributed by atoms with Gasteiger partial charge in [-0.1, -0.05) is 45.6 Å². The zero-order chi connectivity index (χ0) is 14.7. The Balaban J connectivity index is 3.85. The van der Waals surface area contributed by atoms with Gasteiger partial charge >= 0.3 is 11.9 Å². The van der Waals surface area contributed by atoms with Crippen LogP contribution in [0.5, 0.6) is 0 Å². The third-order valence-electron chi connectivity index (χ3n) is 2.82. The summed E-state index contributed by atoms with van der Waals surface area (Å²) >= 11 is 0. The first-order valence-corrected chi connectivity index (χ1v) is 6.71. The van der Waals surface area contributed by atoms with Crippen molar-refractivity contribution in [3.05, 3.63) is 12.7 Å². The van der Waals surface area contributed by atoms with Crippen molar-refractivity contribution in [2.75, 3.05) is 0 Å². The van der Waals surface area contributed by atoms with Gasteiger partial charge in [0.25, 0.3) is 0 Å². The average Bonchev–Trinajstić information content (AvgIpc) is 2.39. The molecule has 0 radical (unpaired) electrons. The summed E-state index contributed by atoms with van der Waals surface area (Å²) in [6.07, 6.45) is 7.47. The van der Waals surface area contributed by atoms with E-state index in [2.05, 4.69) is 23.3 Å². The molecule has 1 N–H and O–H groups in total. The van der Waals surface area contributed by atoms with Gasteiger partial charge in [-0.2, -0.15) is 0 Å². The second kappa shape index (κ2) is 9.55. The molecule has 5 nitrogen and oxygen atoms in total. The lowest BCUT2D eigenvalue weighted by Gasteiger charge is -2.19. The maximum Gasteiger partial charge on any atom is 0.386 e. The van der Waals surface area contributed by atoms with Crippen LogP contribution in [0.2, 0.25) is 0 Å². The van der Waals surface area contributed by atoms with Crippen molar-refractivity contribution < 1.29 is 24.5 Å². The van der Waals surface area contributed by atoms with Crippen molar-refractivity contribution in [2.45, 2.75) is 64.4 Å². The first kappa shape index (κ1) is 17.6. The molecule has 0 aromatic rings. The Labute approximate surface area is 114 Å². The summed E-state index contributed by atoms with van der Waals surface area (Å²) in [5.41, 5.74) is -1.63. The van der Waals surface area contributed by atoms with E-state index < -0.39 is 17.5 Å². The van der Waals surface area contributed by atoms with Gasteiger partial charge in [0.15, 0.2) is 5.60 Å². The van der Waals surface area contributed by atoms with Crippen LogP contribution < -0.4 is 0 Å². The van der Waals surface area contributed by atoms with Crippen molar-refractivity contribution in [2.24, 2.45) is 0 Å². The van der Waals surface area contributed by atoms with E-state index in [0.29, 0.717) is 0 Å². The van der Waals surface area contributed by atoms with Crippen molar-refractivity contribution in [3.63, 3.8) is 0 Å². The standard InChI is InChI=1S/C14H24O5/c1-4-6-7-8-9-10-11-14(3,17)13(16)19-18-12(15)5-2/h5,17H,2,4,6-11H2,1,3H3. The normalized spacial score (nSPS) is 13.4. The van der Waals surface area contributed by atoms with Crippen LogP contribution >= 0.6 is 0 Å². The molecule has 1 atom stereocenters. The Morgan fingerprint density at radius 1 is 1.16 bits per heavy atom. The highest BCUT2D eigenvalue weighted by Crippen LogP contribution is 2.17. The van der Waals surface area contributed by atoms with Gasteiger partial charge in [0.2, 0.25) is 0 Å². The third-order valence-corrected chi connectivity index (χ3v) is 2.82. The molecular weight excluding hydrogens is 248 g/mol. The molecule has 19 heavy (non-hydrogen) atoms. The van der Waals surface area contributed by atoms with Crippen LogP contribution in [-0.2, 0) is 19.4 Å². The van der Waals surface area contributed by atoms with Crippen LogP contribution in [-0.4, -0.2) is 22.6 Å². The SMILES string of the molecule is C=CC(=O)OOC(=O)C(C)(O)CCCCCCCC. The van der Waals surface area contributed by atoms with E-state index in [9.17, 15) is 14.7 Å². The fourth-order valence-corrected chi connectivity index (χ4v) is 1.55. The summed E-state index contributed by atoms with van der Waals surface area (Å²) in [6.45, 7) is 6.65. The summed E-state index contributed by atoms with van der Waals surface area (Å²) < 4.78 is 0. The van der Waals surface area contributed by atoms with Gasteiger partial charge in [-0.05, 0) is 19.8 Å². The molecule has 0 fully saturated rings. The van der Waals surface area contributed by atoms with Gasteiger partial charge in [0, 0.05) is 6.08 Å². The molecule has 0 aliphatic rings. The van der Waals surface area contributed by atoms with Crippen molar-refractivity contribution in [1.29, 1.82) is 0 Å². The van der Waals surface area contributed by atoms with Gasteiger partial charge in [0.05, 0.1) is 0 Å². The average molecular weight is 272 g/mol. The molecule has 0 heterocycles. The lowest BCUT2D eigenvalue weighted by Crippen LogP contribution is -2.37. The van der Waals surface area contributed by atoms with Gasteiger partial charge < -0.3 is 5.11 Å². The number of rotatable bonds is 9. The Bertz CT molecular complexity index is 296. The highest BCUT2D eigenvalue weighted by atomic mass is 17.2. The molecule has 0 aliphatic heterocycles. The summed E-state index contributed by atoms with van der Waals surface area (Å²) in [6, 6.07) is 0. The smallest absolute Gasteiger partial charge is 0.378 e. The van der Waals surface area contributed by atoms with E-state index in [-0.39, 0.29) is 6.42 Å². The minimum absolute atomic E-state index is 0.281. The van der Waals surface area contributed by atoms with E-state index in [1.54, 1.807) is 0 Å². The van der Waals surface area contributed by atoms with Crippen LogP contribution in [0, 0.1) is 0 Å². The second-order valence-electron chi connectivity index (χ2n) is 4.77. The Morgan fingerprint density at radius 3 is 2.32 bits per heavy atom. The molecule has 0 saturated carbocycles. The van der Waals surface area contributed by atoms with Gasteiger partial charge in [-0.15, -0.1) is 0 Å². The van der Waals surface area contributed by atoms with Gasteiger partial charge in [0.1, 0.15) is 0 Å². The molecule has 0 amide bonds. The molecule has 0 spiro atoms. The van der Waals surface area contributed by atoms with Crippen molar-refractivity contribution in [1.82, 2.24) is 0 Å². The highest BCUT2D eigenvalue weighted by Gasteiger charge is 2.33. The fourth-order valence-electron chi connectivity index (χ4n) is 1.55. The zero-order valence-corrected chi connectivity index (χ0v) is 11.8. The minimum Gasteiger partial charge on any atom is -0.378 e. The first-order valence-electron chi connectivity index (χ1n) is 6.71. The van der Waals surface area contributed by atoms with Crippen LogP contribution in [0.15, 0.2) is 12.7 Å². The van der Waals surface area contributed by atoms with Crippen LogP contribution in [0.25, 0.3) is 0 Å². The van der Waals surface area contributed by atoms with Gasteiger partial charge in [-0.3, -0.25) is 0 Å². The third kappa shape index (κ3) is 8.37. The first-order chi connectivity index (χ1) is 8.94. The molecule has 110 valence electrons. The zero-order valence-electron chi connectivity index (χ0n) is 11.8. The Kier molecular flexibility index (Phi) is 8.87. The quantitative estimate of drug-likeness (QED) is 0.302. The molecule has 0 bridgehead atoms. The Hall–Kier alpha value is -1.36. The topological polar surface area (TPSA) is 72.8 Å². The largest absolute Gasteiger partial charge is 0.386 e. The molecule has 5 heteroatoms. The lowest BCUT2D eigenvalue weighted by molar-refractivity contribution is -0.266. The number of hydrogen-bond acceptors (Lipinski definition) is 5. The maximum absolute atomic E-state index is 11.5. The minimum atomic E-state index is -1.63. The second-order valence-corrected chi connectivity index (χ2v) is 4.77. The predicted molar refractivity (Wildman–Crippen MR) is 71.0 cm³/mol. The van der Waals surface area contributed by atoms with Crippen LogP contribution in [0.4, 0.5) is 0 Å². The fraction of sp³-hybridized carbons (Fsp3) is 0.714.